The van der Waals surface area contributed by atoms with E-state index in [-0.39, 0.29) is 6.54 Å². The van der Waals surface area contributed by atoms with Crippen LogP contribution in [0.3, 0.4) is 0 Å². The summed E-state index contributed by atoms with van der Waals surface area (Å²) in [5.41, 5.74) is 4.74. The van der Waals surface area contributed by atoms with Crippen molar-refractivity contribution < 1.29 is 34.8 Å². The van der Waals surface area contributed by atoms with Crippen LogP contribution in [0.2, 0.25) is 0 Å². The fraction of sp³-hybridized carbons (Fsp3) is 0.571. The molecule has 0 aliphatic carbocycles. The quantitative estimate of drug-likeness (QED) is 0.382. The number of aliphatic carboxylic acids is 3. The molecule has 0 rings (SSSR count). The average Bonchev–Trinajstić information content (AvgIpc) is 2.00. The average molecular weight is 225 g/mol. The smallest absolute Gasteiger partial charge is 0.333 e. The Bertz CT molecular complexity index is 184. The molecule has 90 valence electrons. The predicted molar refractivity (Wildman–Crippen MR) is 49.3 cm³/mol. The number of hydrogen-bond donors (Lipinski definition) is 5. The normalized spacial score (nSPS) is 9.60. The minimum absolute atomic E-state index is 0.227. The van der Waals surface area contributed by atoms with Crippen LogP contribution < -0.4 is 5.73 Å². The lowest BCUT2D eigenvalue weighted by atomic mass is 10.4. The molecule has 6 N–H and O–H groups in total. The van der Waals surface area contributed by atoms with Gasteiger partial charge in [0.15, 0.2) is 6.10 Å². The lowest BCUT2D eigenvalue weighted by Gasteiger charge is -1.96. The molecule has 0 amide bonds. The highest BCUT2D eigenvalue weighted by molar-refractivity contribution is 5.72. The van der Waals surface area contributed by atoms with Gasteiger partial charge in [0.1, 0.15) is 0 Å². The topological polar surface area (TPSA) is 158 Å². The predicted octanol–water partition coefficient (Wildman–Crippen LogP) is -1.43. The molecule has 0 aliphatic heterocycles. The van der Waals surface area contributed by atoms with Gasteiger partial charge in [-0.25, -0.2) is 4.79 Å². The van der Waals surface area contributed by atoms with E-state index in [1.165, 1.54) is 0 Å². The molecule has 0 aliphatic rings. The standard InChI is InChI=1S/C3H7NO3.2C2H4O2/c4-1-2(5)3(6)7;2*1-2(3)4/h2,5H,1,4H2,(H,6,7);2*1H3,(H,3,4). The van der Waals surface area contributed by atoms with Gasteiger partial charge in [-0.15, -0.1) is 0 Å². The van der Waals surface area contributed by atoms with Gasteiger partial charge >= 0.3 is 5.97 Å². The zero-order valence-electron chi connectivity index (χ0n) is 8.38. The van der Waals surface area contributed by atoms with E-state index in [0.717, 1.165) is 13.8 Å². The third kappa shape index (κ3) is 70.2. The lowest BCUT2D eigenvalue weighted by molar-refractivity contribution is -0.146. The first kappa shape index (κ1) is 19.0. The molecule has 0 fully saturated rings. The molecule has 0 spiro atoms. The number of rotatable bonds is 2. The summed E-state index contributed by atoms with van der Waals surface area (Å²) in [6.45, 7) is 1.94. The third-order valence-electron chi connectivity index (χ3n) is 0.508. The monoisotopic (exact) mass is 225 g/mol. The summed E-state index contributed by atoms with van der Waals surface area (Å²) in [5.74, 6) is -2.94. The van der Waals surface area contributed by atoms with Gasteiger partial charge in [-0.2, -0.15) is 0 Å². The maximum Gasteiger partial charge on any atom is 0.333 e. The number of nitrogens with two attached hydrogens (primary N) is 1. The van der Waals surface area contributed by atoms with E-state index >= 15 is 0 Å². The van der Waals surface area contributed by atoms with Gasteiger partial charge < -0.3 is 26.2 Å². The Morgan fingerprint density at radius 2 is 1.27 bits per heavy atom. The van der Waals surface area contributed by atoms with E-state index in [9.17, 15) is 4.79 Å². The number of carboxylic acid groups (broad SMARTS) is 3. The van der Waals surface area contributed by atoms with Crippen molar-refractivity contribution in [3.63, 3.8) is 0 Å². The molecule has 0 aromatic carbocycles. The highest BCUT2D eigenvalue weighted by Crippen LogP contribution is 1.73. The van der Waals surface area contributed by atoms with Crippen molar-refractivity contribution in [1.82, 2.24) is 0 Å². The van der Waals surface area contributed by atoms with Crippen molar-refractivity contribution in [3.05, 3.63) is 0 Å². The van der Waals surface area contributed by atoms with Gasteiger partial charge in [-0.05, 0) is 0 Å². The van der Waals surface area contributed by atoms with Crippen molar-refractivity contribution in [1.29, 1.82) is 0 Å². The fourth-order valence-electron chi connectivity index (χ4n) is 0.101. The minimum atomic E-state index is -1.40. The summed E-state index contributed by atoms with van der Waals surface area (Å²) < 4.78 is 0. The SMILES string of the molecule is CC(=O)O.CC(=O)O.NCC(O)C(=O)O. The van der Waals surface area contributed by atoms with Crippen LogP contribution >= 0.6 is 0 Å². The van der Waals surface area contributed by atoms with Crippen LogP contribution in [0.4, 0.5) is 0 Å². The van der Waals surface area contributed by atoms with E-state index in [1.54, 1.807) is 0 Å². The van der Waals surface area contributed by atoms with Crippen molar-refractivity contribution >= 4 is 17.9 Å². The van der Waals surface area contributed by atoms with Crippen LogP contribution in [0.1, 0.15) is 13.8 Å². The number of aliphatic hydroxyl groups excluding tert-OH is 1. The van der Waals surface area contributed by atoms with Gasteiger partial charge in [0.2, 0.25) is 0 Å². The molecule has 0 aromatic heterocycles. The largest absolute Gasteiger partial charge is 0.481 e. The van der Waals surface area contributed by atoms with Crippen LogP contribution in [0.15, 0.2) is 0 Å². The summed E-state index contributed by atoms with van der Waals surface area (Å²) in [6.07, 6.45) is -1.40. The molecule has 1 atom stereocenters. The first-order valence-electron chi connectivity index (χ1n) is 3.65. The fourth-order valence-corrected chi connectivity index (χ4v) is 0.101. The van der Waals surface area contributed by atoms with Gasteiger partial charge in [0.25, 0.3) is 11.9 Å². The Balaban J connectivity index is -0.000000155. The Morgan fingerprint density at radius 3 is 1.27 bits per heavy atom. The van der Waals surface area contributed by atoms with E-state index < -0.39 is 24.0 Å². The van der Waals surface area contributed by atoms with Crippen molar-refractivity contribution in [2.45, 2.75) is 20.0 Å². The number of carbonyl (C=O) groups is 3. The Hall–Kier alpha value is -1.67. The minimum Gasteiger partial charge on any atom is -0.481 e. The van der Waals surface area contributed by atoms with Gasteiger partial charge in [0, 0.05) is 20.4 Å². The van der Waals surface area contributed by atoms with E-state index in [0.29, 0.717) is 0 Å². The maximum absolute atomic E-state index is 9.60. The van der Waals surface area contributed by atoms with Crippen molar-refractivity contribution in [3.8, 4) is 0 Å². The molecule has 0 radical (unpaired) electrons. The zero-order valence-corrected chi connectivity index (χ0v) is 8.38. The maximum atomic E-state index is 9.60. The van der Waals surface area contributed by atoms with Gasteiger partial charge in [-0.1, -0.05) is 0 Å². The second-order valence-corrected chi connectivity index (χ2v) is 2.13. The number of aliphatic hydroxyl groups is 1. The van der Waals surface area contributed by atoms with Crippen LogP contribution in [-0.4, -0.2) is 51.0 Å². The van der Waals surface area contributed by atoms with Crippen LogP contribution in [-0.2, 0) is 14.4 Å². The summed E-state index contributed by atoms with van der Waals surface area (Å²) in [4.78, 5) is 27.6. The molecule has 0 saturated carbocycles. The van der Waals surface area contributed by atoms with Crippen LogP contribution in [0.5, 0.6) is 0 Å². The van der Waals surface area contributed by atoms with E-state index in [1.807, 2.05) is 0 Å². The number of carboxylic acids is 3. The van der Waals surface area contributed by atoms with E-state index in [4.69, 9.17) is 35.7 Å². The second-order valence-electron chi connectivity index (χ2n) is 2.13. The molecule has 8 nitrogen and oxygen atoms in total. The first-order valence-corrected chi connectivity index (χ1v) is 3.65. The zero-order chi connectivity index (χ0) is 13.0. The molecule has 0 saturated heterocycles. The first-order chi connectivity index (χ1) is 6.64. The van der Waals surface area contributed by atoms with E-state index in [2.05, 4.69) is 0 Å². The molecular weight excluding hydrogens is 210 g/mol. The molecular formula is C7H15NO7. The molecule has 0 bridgehead atoms. The Kier molecular flexibility index (Phi) is 15.6. The highest BCUT2D eigenvalue weighted by atomic mass is 16.4. The van der Waals surface area contributed by atoms with Gasteiger partial charge in [-0.3, -0.25) is 9.59 Å². The van der Waals surface area contributed by atoms with Crippen molar-refractivity contribution in [2.75, 3.05) is 6.54 Å². The second kappa shape index (κ2) is 12.3. The highest BCUT2D eigenvalue weighted by Gasteiger charge is 2.07. The lowest BCUT2D eigenvalue weighted by Crippen LogP contribution is -2.28. The molecule has 8 heteroatoms. The van der Waals surface area contributed by atoms with Crippen LogP contribution in [0, 0.1) is 0 Å². The molecule has 0 aromatic rings. The Labute approximate surface area is 85.9 Å². The summed E-state index contributed by atoms with van der Waals surface area (Å²) in [5, 5.41) is 30.9. The summed E-state index contributed by atoms with van der Waals surface area (Å²) in [7, 11) is 0. The van der Waals surface area contributed by atoms with Crippen LogP contribution in [0.25, 0.3) is 0 Å². The molecule has 15 heavy (non-hydrogen) atoms. The summed E-state index contributed by atoms with van der Waals surface area (Å²) >= 11 is 0. The third-order valence-corrected chi connectivity index (χ3v) is 0.508. The summed E-state index contributed by atoms with van der Waals surface area (Å²) in [6, 6.07) is 0. The number of hydrogen-bond acceptors (Lipinski definition) is 5. The van der Waals surface area contributed by atoms with Gasteiger partial charge in [0.05, 0.1) is 0 Å². The molecule has 1 unspecified atom stereocenters. The Morgan fingerprint density at radius 1 is 1.07 bits per heavy atom. The van der Waals surface area contributed by atoms with Crippen molar-refractivity contribution in [2.24, 2.45) is 5.73 Å². The molecule has 0 heterocycles.